The zero-order valence-corrected chi connectivity index (χ0v) is 19.0. The number of halogens is 2. The zero-order valence-electron chi connectivity index (χ0n) is 18.2. The van der Waals surface area contributed by atoms with Gasteiger partial charge in [-0.05, 0) is 50.3 Å². The van der Waals surface area contributed by atoms with Crippen LogP contribution >= 0.6 is 0 Å². The molecule has 1 aliphatic carbocycles. The Balaban J connectivity index is 1.56. The number of pyridine rings is 3. The minimum Gasteiger partial charge on any atom is -0.386 e. The molecule has 4 heterocycles. The summed E-state index contributed by atoms with van der Waals surface area (Å²) in [5, 5.41) is 0. The monoisotopic (exact) mass is 471 g/mol. The highest BCUT2D eigenvalue weighted by Gasteiger charge is 2.58. The summed E-state index contributed by atoms with van der Waals surface area (Å²) in [6.07, 6.45) is 5.57. The van der Waals surface area contributed by atoms with Gasteiger partial charge >= 0.3 is 0 Å². The maximum atomic E-state index is 14.9. The second-order valence-corrected chi connectivity index (χ2v) is 11.6. The number of amidine groups is 1. The summed E-state index contributed by atoms with van der Waals surface area (Å²) in [6.45, 7) is 3.20. The summed E-state index contributed by atoms with van der Waals surface area (Å²) < 4.78 is 53.9. The lowest BCUT2D eigenvalue weighted by atomic mass is 9.92. The van der Waals surface area contributed by atoms with Gasteiger partial charge in [0.25, 0.3) is 0 Å². The van der Waals surface area contributed by atoms with Gasteiger partial charge in [0.1, 0.15) is 27.8 Å². The highest BCUT2D eigenvalue weighted by Crippen LogP contribution is 2.49. The van der Waals surface area contributed by atoms with Crippen molar-refractivity contribution in [2.45, 2.75) is 43.4 Å². The maximum absolute atomic E-state index is 14.9. The number of sulfone groups is 1. The van der Waals surface area contributed by atoms with Crippen molar-refractivity contribution in [1.82, 2.24) is 15.0 Å². The fraction of sp³-hybridized carbons (Fsp3) is 0.391. The fourth-order valence-corrected chi connectivity index (χ4v) is 7.08. The Hall–Kier alpha value is -3.01. The topological polar surface area (TPSA) is 111 Å². The first kappa shape index (κ1) is 21.8. The van der Waals surface area contributed by atoms with Crippen LogP contribution in [-0.2, 0) is 21.8 Å². The molecule has 1 aliphatic heterocycles. The number of hydrogen-bond donors (Lipinski definition) is 1. The van der Waals surface area contributed by atoms with E-state index in [0.29, 0.717) is 16.7 Å². The van der Waals surface area contributed by atoms with Crippen LogP contribution in [-0.4, -0.2) is 39.7 Å². The van der Waals surface area contributed by atoms with E-state index in [-0.39, 0.29) is 29.5 Å². The average Bonchev–Trinajstić information content (AvgIpc) is 3.58. The Morgan fingerprint density at radius 1 is 1.12 bits per heavy atom. The van der Waals surface area contributed by atoms with E-state index in [9.17, 15) is 17.2 Å². The number of aromatic nitrogens is 3. The molecule has 0 spiro atoms. The third-order valence-corrected chi connectivity index (χ3v) is 9.62. The first-order valence-electron chi connectivity index (χ1n) is 10.7. The van der Waals surface area contributed by atoms with Crippen LogP contribution in [0.4, 0.5) is 8.78 Å². The van der Waals surface area contributed by atoms with E-state index in [1.807, 2.05) is 0 Å². The number of nitrogens with zero attached hydrogens (tertiary/aromatic N) is 4. The lowest BCUT2D eigenvalue weighted by Gasteiger charge is -2.40. The molecular weight excluding hydrogens is 448 g/mol. The van der Waals surface area contributed by atoms with Crippen LogP contribution in [0.3, 0.4) is 0 Å². The molecule has 0 unspecified atom stereocenters. The molecule has 0 bridgehead atoms. The SMILES string of the molecule is C[C@@]1(c2cc(Cc3ccnc4cc(F)cnc34)ncc2F)CS(=O)(=O)[C@@](C)(C2CC2)C(N)=N1. The quantitative estimate of drug-likeness (QED) is 0.626. The average molecular weight is 472 g/mol. The number of hydrogen-bond acceptors (Lipinski definition) is 7. The molecule has 5 rings (SSSR count). The van der Waals surface area contributed by atoms with Gasteiger partial charge in [0.05, 0.1) is 29.2 Å². The van der Waals surface area contributed by atoms with Crippen molar-refractivity contribution < 1.29 is 17.2 Å². The first-order chi connectivity index (χ1) is 15.5. The fourth-order valence-electron chi connectivity index (χ4n) is 4.71. The van der Waals surface area contributed by atoms with Gasteiger partial charge in [-0.1, -0.05) is 0 Å². The normalized spacial score (nSPS) is 26.8. The first-order valence-corrected chi connectivity index (χ1v) is 12.3. The molecule has 0 radical (unpaired) electrons. The van der Waals surface area contributed by atoms with Crippen molar-refractivity contribution >= 4 is 26.7 Å². The number of rotatable bonds is 4. The van der Waals surface area contributed by atoms with Crippen LogP contribution in [0.5, 0.6) is 0 Å². The molecule has 10 heteroatoms. The van der Waals surface area contributed by atoms with E-state index < -0.39 is 31.8 Å². The Morgan fingerprint density at radius 3 is 2.58 bits per heavy atom. The Morgan fingerprint density at radius 2 is 1.88 bits per heavy atom. The highest BCUT2D eigenvalue weighted by atomic mass is 32.2. The van der Waals surface area contributed by atoms with Crippen molar-refractivity contribution in [3.05, 3.63) is 65.2 Å². The second-order valence-electron chi connectivity index (χ2n) is 9.23. The zero-order chi connectivity index (χ0) is 23.6. The molecule has 3 aromatic rings. The van der Waals surface area contributed by atoms with E-state index in [0.717, 1.165) is 30.8 Å². The van der Waals surface area contributed by atoms with E-state index in [4.69, 9.17) is 5.73 Å². The molecule has 0 saturated heterocycles. The third kappa shape index (κ3) is 3.47. The number of aliphatic imine (C=N–C) groups is 1. The molecular formula is C23H23F2N5O2S. The minimum absolute atomic E-state index is 0.0304. The van der Waals surface area contributed by atoms with Crippen molar-refractivity contribution in [1.29, 1.82) is 0 Å². The van der Waals surface area contributed by atoms with Gasteiger partial charge < -0.3 is 5.73 Å². The van der Waals surface area contributed by atoms with Gasteiger partial charge in [-0.2, -0.15) is 0 Å². The predicted molar refractivity (Wildman–Crippen MR) is 120 cm³/mol. The lowest BCUT2D eigenvalue weighted by molar-refractivity contribution is 0.461. The third-order valence-electron chi connectivity index (χ3n) is 6.84. The smallest absolute Gasteiger partial charge is 0.165 e. The molecule has 2 aliphatic rings. The summed E-state index contributed by atoms with van der Waals surface area (Å²) in [4.78, 5) is 17.0. The molecule has 0 aromatic carbocycles. The van der Waals surface area contributed by atoms with Crippen LogP contribution in [0.1, 0.15) is 43.5 Å². The van der Waals surface area contributed by atoms with Gasteiger partial charge in [-0.25, -0.2) is 17.2 Å². The van der Waals surface area contributed by atoms with Crippen LogP contribution in [0.25, 0.3) is 11.0 Å². The van der Waals surface area contributed by atoms with E-state index in [1.165, 1.54) is 12.1 Å². The van der Waals surface area contributed by atoms with Gasteiger partial charge in [0.2, 0.25) is 0 Å². The molecule has 2 N–H and O–H groups in total. The van der Waals surface area contributed by atoms with Crippen molar-refractivity contribution in [2.75, 3.05) is 5.75 Å². The summed E-state index contributed by atoms with van der Waals surface area (Å²) >= 11 is 0. The lowest BCUT2D eigenvalue weighted by Crippen LogP contribution is -2.58. The van der Waals surface area contributed by atoms with E-state index in [2.05, 4.69) is 19.9 Å². The van der Waals surface area contributed by atoms with Crippen LogP contribution in [0.2, 0.25) is 0 Å². The van der Waals surface area contributed by atoms with Gasteiger partial charge in [0, 0.05) is 29.9 Å². The molecule has 1 saturated carbocycles. The molecule has 2 atom stereocenters. The van der Waals surface area contributed by atoms with Crippen LogP contribution in [0.15, 0.2) is 41.8 Å². The van der Waals surface area contributed by atoms with Crippen LogP contribution < -0.4 is 5.73 Å². The van der Waals surface area contributed by atoms with E-state index in [1.54, 1.807) is 26.1 Å². The Kier molecular flexibility index (Phi) is 4.79. The van der Waals surface area contributed by atoms with E-state index >= 15 is 0 Å². The molecule has 1 fully saturated rings. The number of fused-ring (bicyclic) bond motifs is 1. The van der Waals surface area contributed by atoms with Crippen molar-refractivity contribution in [3.8, 4) is 0 Å². The molecule has 172 valence electrons. The molecule has 33 heavy (non-hydrogen) atoms. The summed E-state index contributed by atoms with van der Waals surface area (Å²) in [5.41, 5.74) is 7.10. The molecule has 7 nitrogen and oxygen atoms in total. The predicted octanol–water partition coefficient (Wildman–Crippen LogP) is 3.06. The van der Waals surface area contributed by atoms with Gasteiger partial charge in [0.15, 0.2) is 9.84 Å². The van der Waals surface area contributed by atoms with Crippen molar-refractivity contribution in [2.24, 2.45) is 16.6 Å². The molecule has 3 aromatic heterocycles. The summed E-state index contributed by atoms with van der Waals surface area (Å²) in [5.74, 6) is -1.50. The maximum Gasteiger partial charge on any atom is 0.165 e. The highest BCUT2D eigenvalue weighted by molar-refractivity contribution is 7.93. The van der Waals surface area contributed by atoms with Crippen molar-refractivity contribution in [3.63, 3.8) is 0 Å². The van der Waals surface area contributed by atoms with Crippen LogP contribution in [0, 0.1) is 17.6 Å². The minimum atomic E-state index is -3.68. The second kappa shape index (κ2) is 7.24. The summed E-state index contributed by atoms with van der Waals surface area (Å²) in [7, 11) is -3.68. The number of nitrogens with two attached hydrogens (primary N) is 1. The largest absolute Gasteiger partial charge is 0.386 e. The Bertz CT molecular complexity index is 1420. The van der Waals surface area contributed by atoms with Gasteiger partial charge in [-0.15, -0.1) is 0 Å². The summed E-state index contributed by atoms with van der Waals surface area (Å²) in [6, 6.07) is 4.55. The van der Waals surface area contributed by atoms with Gasteiger partial charge in [-0.3, -0.25) is 19.9 Å². The molecule has 0 amide bonds. The Labute approximate surface area is 190 Å². The standard InChI is InChI=1S/C23H23F2N5O2S/c1-22(12-33(31,32)23(2,14-3-4-14)21(26)30-22)17-9-16(28-11-18(17)25)7-13-5-6-27-19-8-15(24)10-29-20(13)19/h5-6,8-11,14H,3-4,7,12H2,1-2H3,(H2,26,30)/t22-,23-/m0/s1.